The van der Waals surface area contributed by atoms with Gasteiger partial charge in [0.15, 0.2) is 9.84 Å². The van der Waals surface area contributed by atoms with Gasteiger partial charge < -0.3 is 5.32 Å². The highest BCUT2D eigenvalue weighted by Gasteiger charge is 2.41. The highest BCUT2D eigenvalue weighted by molar-refractivity contribution is 7.92. The fourth-order valence-corrected chi connectivity index (χ4v) is 5.11. The van der Waals surface area contributed by atoms with E-state index in [9.17, 15) is 8.42 Å². The van der Waals surface area contributed by atoms with Crippen molar-refractivity contribution in [3.63, 3.8) is 0 Å². The van der Waals surface area contributed by atoms with Gasteiger partial charge in [0.05, 0.1) is 10.1 Å². The average molecular weight is 302 g/mol. The van der Waals surface area contributed by atoms with E-state index in [1.807, 2.05) is 13.8 Å². The lowest BCUT2D eigenvalue weighted by atomic mass is 10.1. The second kappa shape index (κ2) is 5.81. The molecular formula is C14H20ClNO2S. The molecule has 0 saturated heterocycles. The maximum atomic E-state index is 12.6. The molecule has 1 aliphatic carbocycles. The van der Waals surface area contributed by atoms with E-state index in [0.717, 1.165) is 19.4 Å². The van der Waals surface area contributed by atoms with Crippen LogP contribution in [-0.2, 0) is 9.84 Å². The summed E-state index contributed by atoms with van der Waals surface area (Å²) in [4.78, 5) is 0.380. The van der Waals surface area contributed by atoms with E-state index in [2.05, 4.69) is 5.32 Å². The van der Waals surface area contributed by atoms with Crippen LogP contribution < -0.4 is 5.32 Å². The molecular weight excluding hydrogens is 282 g/mol. The molecule has 0 aliphatic heterocycles. The summed E-state index contributed by atoms with van der Waals surface area (Å²) >= 11 is 5.81. The predicted molar refractivity (Wildman–Crippen MR) is 78.3 cm³/mol. The lowest BCUT2D eigenvalue weighted by Gasteiger charge is -2.21. The van der Waals surface area contributed by atoms with Gasteiger partial charge in [0.2, 0.25) is 0 Å². The van der Waals surface area contributed by atoms with Crippen LogP contribution >= 0.6 is 11.6 Å². The summed E-state index contributed by atoms with van der Waals surface area (Å²) in [6.45, 7) is 4.95. The zero-order valence-electron chi connectivity index (χ0n) is 11.3. The molecule has 1 aromatic rings. The Hall–Kier alpha value is -0.580. The summed E-state index contributed by atoms with van der Waals surface area (Å²) in [5.41, 5.74) is 0. The smallest absolute Gasteiger partial charge is 0.181 e. The summed E-state index contributed by atoms with van der Waals surface area (Å²) in [7, 11) is -3.25. The number of rotatable bonds is 4. The van der Waals surface area contributed by atoms with Crippen LogP contribution in [0.2, 0.25) is 5.02 Å². The van der Waals surface area contributed by atoms with Gasteiger partial charge in [-0.05, 0) is 49.6 Å². The average Bonchev–Trinajstić information content (AvgIpc) is 2.73. The largest absolute Gasteiger partial charge is 0.314 e. The molecule has 0 heterocycles. The minimum atomic E-state index is -3.25. The molecule has 1 fully saturated rings. The Morgan fingerprint density at radius 3 is 2.47 bits per heavy atom. The van der Waals surface area contributed by atoms with Crippen molar-refractivity contribution in [1.29, 1.82) is 0 Å². The Morgan fingerprint density at radius 1 is 1.26 bits per heavy atom. The molecule has 0 spiro atoms. The van der Waals surface area contributed by atoms with Gasteiger partial charge in [-0.2, -0.15) is 0 Å². The fourth-order valence-electron chi connectivity index (χ4n) is 2.92. The zero-order chi connectivity index (χ0) is 14.0. The van der Waals surface area contributed by atoms with Gasteiger partial charge in [-0.15, -0.1) is 0 Å². The van der Waals surface area contributed by atoms with Crippen molar-refractivity contribution in [2.24, 2.45) is 5.92 Å². The van der Waals surface area contributed by atoms with Crippen LogP contribution in [0, 0.1) is 5.92 Å². The third kappa shape index (κ3) is 2.96. The predicted octanol–water partition coefficient (Wildman–Crippen LogP) is 2.89. The first kappa shape index (κ1) is 14.8. The summed E-state index contributed by atoms with van der Waals surface area (Å²) in [6, 6.07) is 6.78. The summed E-state index contributed by atoms with van der Waals surface area (Å²) < 4.78 is 25.3. The lowest BCUT2D eigenvalue weighted by Crippen LogP contribution is -2.36. The minimum absolute atomic E-state index is 0.139. The van der Waals surface area contributed by atoms with Crippen LogP contribution in [0.25, 0.3) is 0 Å². The summed E-state index contributed by atoms with van der Waals surface area (Å²) in [5.74, 6) is 0.139. The van der Waals surface area contributed by atoms with Crippen molar-refractivity contribution in [2.45, 2.75) is 42.9 Å². The van der Waals surface area contributed by atoms with Gasteiger partial charge in [-0.25, -0.2) is 8.42 Å². The third-order valence-corrected chi connectivity index (χ3v) is 6.63. The van der Waals surface area contributed by atoms with Gasteiger partial charge in [0.25, 0.3) is 0 Å². The lowest BCUT2D eigenvalue weighted by molar-refractivity contribution is 0.433. The van der Waals surface area contributed by atoms with Crippen LogP contribution in [0.15, 0.2) is 29.2 Å². The molecule has 3 unspecified atom stereocenters. The molecule has 1 N–H and O–H groups in total. The van der Waals surface area contributed by atoms with Gasteiger partial charge in [0, 0.05) is 11.1 Å². The first-order valence-corrected chi connectivity index (χ1v) is 8.62. The highest BCUT2D eigenvalue weighted by atomic mass is 35.5. The van der Waals surface area contributed by atoms with E-state index in [4.69, 9.17) is 11.6 Å². The van der Waals surface area contributed by atoms with E-state index in [0.29, 0.717) is 16.0 Å². The Kier molecular flexibility index (Phi) is 4.54. The molecule has 19 heavy (non-hydrogen) atoms. The maximum Gasteiger partial charge on any atom is 0.181 e. The SMILES string of the molecule is CCNC1CCC(S(=O)(=O)c2ccc(Cl)cc2)C1C. The standard InChI is InChI=1S/C14H20ClNO2S/c1-3-16-13-8-9-14(10(13)2)19(17,18)12-6-4-11(15)5-7-12/h4-7,10,13-14,16H,3,8-9H2,1-2H3. The summed E-state index contributed by atoms with van der Waals surface area (Å²) in [6.07, 6.45) is 1.65. The number of hydrogen-bond acceptors (Lipinski definition) is 3. The monoisotopic (exact) mass is 301 g/mol. The molecule has 0 radical (unpaired) electrons. The third-order valence-electron chi connectivity index (χ3n) is 3.99. The van der Waals surface area contributed by atoms with Gasteiger partial charge in [0.1, 0.15) is 0 Å². The highest BCUT2D eigenvalue weighted by Crippen LogP contribution is 2.34. The van der Waals surface area contributed by atoms with Crippen LogP contribution in [0.1, 0.15) is 26.7 Å². The van der Waals surface area contributed by atoms with Crippen LogP contribution in [-0.4, -0.2) is 26.3 Å². The quantitative estimate of drug-likeness (QED) is 0.930. The Bertz CT molecular complexity index is 527. The van der Waals surface area contributed by atoms with Crippen molar-refractivity contribution >= 4 is 21.4 Å². The molecule has 0 aromatic heterocycles. The van der Waals surface area contributed by atoms with Gasteiger partial charge in [-0.1, -0.05) is 25.4 Å². The molecule has 1 aliphatic rings. The molecule has 3 atom stereocenters. The topological polar surface area (TPSA) is 46.2 Å². The Morgan fingerprint density at radius 2 is 1.89 bits per heavy atom. The number of nitrogens with one attached hydrogen (secondary N) is 1. The Labute approximate surface area is 120 Å². The number of hydrogen-bond donors (Lipinski definition) is 1. The second-order valence-electron chi connectivity index (χ2n) is 5.14. The van der Waals surface area contributed by atoms with Crippen molar-refractivity contribution in [3.05, 3.63) is 29.3 Å². The fraction of sp³-hybridized carbons (Fsp3) is 0.571. The van der Waals surface area contributed by atoms with Crippen LogP contribution in [0.4, 0.5) is 0 Å². The van der Waals surface area contributed by atoms with Gasteiger partial charge >= 0.3 is 0 Å². The molecule has 0 amide bonds. The molecule has 3 nitrogen and oxygen atoms in total. The Balaban J connectivity index is 2.23. The molecule has 5 heteroatoms. The normalized spacial score (nSPS) is 27.6. The van der Waals surface area contributed by atoms with E-state index in [-0.39, 0.29) is 11.2 Å². The van der Waals surface area contributed by atoms with E-state index in [1.54, 1.807) is 24.3 Å². The van der Waals surface area contributed by atoms with Crippen LogP contribution in [0.3, 0.4) is 0 Å². The van der Waals surface area contributed by atoms with E-state index in [1.165, 1.54) is 0 Å². The van der Waals surface area contributed by atoms with Gasteiger partial charge in [-0.3, -0.25) is 0 Å². The number of halogens is 1. The molecule has 0 bridgehead atoms. The van der Waals surface area contributed by atoms with Crippen molar-refractivity contribution < 1.29 is 8.42 Å². The van der Waals surface area contributed by atoms with E-state index >= 15 is 0 Å². The molecule has 1 saturated carbocycles. The van der Waals surface area contributed by atoms with Crippen molar-refractivity contribution in [1.82, 2.24) is 5.32 Å². The van der Waals surface area contributed by atoms with Crippen molar-refractivity contribution in [2.75, 3.05) is 6.54 Å². The molecule has 2 rings (SSSR count). The first-order valence-electron chi connectivity index (χ1n) is 6.69. The molecule has 1 aromatic carbocycles. The summed E-state index contributed by atoms with van der Waals surface area (Å²) in [5, 5.41) is 3.64. The van der Waals surface area contributed by atoms with Crippen LogP contribution in [0.5, 0.6) is 0 Å². The van der Waals surface area contributed by atoms with Crippen molar-refractivity contribution in [3.8, 4) is 0 Å². The molecule has 106 valence electrons. The second-order valence-corrected chi connectivity index (χ2v) is 7.74. The zero-order valence-corrected chi connectivity index (χ0v) is 12.8. The first-order chi connectivity index (χ1) is 8.96. The maximum absolute atomic E-state index is 12.6. The number of sulfone groups is 1. The minimum Gasteiger partial charge on any atom is -0.314 e. The number of benzene rings is 1. The van der Waals surface area contributed by atoms with E-state index < -0.39 is 9.84 Å².